The van der Waals surface area contributed by atoms with Crippen LogP contribution in [0, 0.1) is 0 Å². The summed E-state index contributed by atoms with van der Waals surface area (Å²) < 4.78 is 33.3. The van der Waals surface area contributed by atoms with E-state index in [-0.39, 0.29) is 24.2 Å². The molecule has 0 amide bonds. The molecule has 0 N–H and O–H groups in total. The molecule has 0 fully saturated rings. The molecule has 0 heterocycles. The first-order valence-electron chi connectivity index (χ1n) is 5.18. The molecule has 1 aromatic rings. The number of ether oxygens (including phenoxy) is 2. The fourth-order valence-corrected chi connectivity index (χ4v) is 1.43. The van der Waals surface area contributed by atoms with Crippen LogP contribution in [0.3, 0.4) is 0 Å². The fourth-order valence-electron chi connectivity index (χ4n) is 1.43. The first-order chi connectivity index (χ1) is 8.58. The maximum absolute atomic E-state index is 12.2. The molecule has 0 spiro atoms. The third-order valence-corrected chi connectivity index (χ3v) is 2.24. The lowest BCUT2D eigenvalue weighted by atomic mass is 10.1. The highest BCUT2D eigenvalue weighted by Crippen LogP contribution is 2.24. The van der Waals surface area contributed by atoms with Gasteiger partial charge in [-0.05, 0) is 24.1 Å². The standard InChI is InChI=1S/C12H12F2O4/c1-17-11(16)9-5-4-8(3-2-6-15)10(7-9)18-12(13)14/h4-7,12H,2-3H2,1H3. The number of hydrogen-bond acceptors (Lipinski definition) is 4. The number of rotatable bonds is 6. The minimum Gasteiger partial charge on any atom is -0.465 e. The number of benzene rings is 1. The van der Waals surface area contributed by atoms with E-state index in [0.717, 1.165) is 0 Å². The number of methoxy groups -OCH3 is 1. The second-order valence-electron chi connectivity index (χ2n) is 3.40. The van der Waals surface area contributed by atoms with Gasteiger partial charge in [0.25, 0.3) is 0 Å². The van der Waals surface area contributed by atoms with Gasteiger partial charge in [0, 0.05) is 6.42 Å². The van der Waals surface area contributed by atoms with E-state index in [2.05, 4.69) is 9.47 Å². The van der Waals surface area contributed by atoms with Gasteiger partial charge in [0.2, 0.25) is 0 Å². The van der Waals surface area contributed by atoms with Gasteiger partial charge in [-0.3, -0.25) is 0 Å². The van der Waals surface area contributed by atoms with Gasteiger partial charge in [-0.25, -0.2) is 4.79 Å². The van der Waals surface area contributed by atoms with Crippen LogP contribution < -0.4 is 4.74 Å². The van der Waals surface area contributed by atoms with Crippen molar-refractivity contribution in [1.82, 2.24) is 0 Å². The lowest BCUT2D eigenvalue weighted by molar-refractivity contribution is -0.107. The Bertz CT molecular complexity index is 432. The third-order valence-electron chi connectivity index (χ3n) is 2.24. The maximum atomic E-state index is 12.2. The number of esters is 1. The number of aryl methyl sites for hydroxylation is 1. The Balaban J connectivity index is 3.03. The van der Waals surface area contributed by atoms with Crippen LogP contribution in [-0.2, 0) is 16.0 Å². The lowest BCUT2D eigenvalue weighted by Gasteiger charge is -2.11. The van der Waals surface area contributed by atoms with Crippen molar-refractivity contribution in [3.05, 3.63) is 29.3 Å². The Hall–Kier alpha value is -1.98. The minimum atomic E-state index is -2.99. The van der Waals surface area contributed by atoms with Crippen LogP contribution in [-0.4, -0.2) is 26.0 Å². The number of hydrogen-bond donors (Lipinski definition) is 0. The van der Waals surface area contributed by atoms with E-state index in [9.17, 15) is 18.4 Å². The van der Waals surface area contributed by atoms with Crippen LogP contribution in [0.4, 0.5) is 8.78 Å². The molecule has 6 heteroatoms. The van der Waals surface area contributed by atoms with Gasteiger partial charge >= 0.3 is 12.6 Å². The SMILES string of the molecule is COC(=O)c1ccc(CCC=O)c(OC(F)F)c1. The quantitative estimate of drug-likeness (QED) is 0.580. The lowest BCUT2D eigenvalue weighted by Crippen LogP contribution is -2.07. The first kappa shape index (κ1) is 14.1. The number of carbonyl (C=O) groups excluding carboxylic acids is 2. The van der Waals surface area contributed by atoms with E-state index < -0.39 is 12.6 Å². The number of halogens is 2. The van der Waals surface area contributed by atoms with Crippen molar-refractivity contribution in [3.63, 3.8) is 0 Å². The molecule has 0 aliphatic carbocycles. The van der Waals surface area contributed by atoms with Crippen molar-refractivity contribution in [2.75, 3.05) is 7.11 Å². The summed E-state index contributed by atoms with van der Waals surface area (Å²) in [7, 11) is 1.19. The molecule has 18 heavy (non-hydrogen) atoms. The zero-order valence-corrected chi connectivity index (χ0v) is 9.69. The molecule has 4 nitrogen and oxygen atoms in total. The summed E-state index contributed by atoms with van der Waals surface area (Å²) in [4.78, 5) is 21.5. The number of alkyl halides is 2. The normalized spacial score (nSPS) is 10.2. The maximum Gasteiger partial charge on any atom is 0.387 e. The molecule has 98 valence electrons. The summed E-state index contributed by atoms with van der Waals surface area (Å²) in [6, 6.07) is 4.08. The van der Waals surface area contributed by atoms with E-state index in [1.807, 2.05) is 0 Å². The highest BCUT2D eigenvalue weighted by atomic mass is 19.3. The van der Waals surface area contributed by atoms with Crippen molar-refractivity contribution in [2.45, 2.75) is 19.5 Å². The largest absolute Gasteiger partial charge is 0.465 e. The Kier molecular flexibility index (Phi) is 5.23. The summed E-state index contributed by atoms with van der Waals surface area (Å²) in [5.41, 5.74) is 0.554. The van der Waals surface area contributed by atoms with Crippen LogP contribution in [0.1, 0.15) is 22.3 Å². The minimum absolute atomic E-state index is 0.114. The topological polar surface area (TPSA) is 52.6 Å². The van der Waals surface area contributed by atoms with Crippen molar-refractivity contribution in [3.8, 4) is 5.75 Å². The predicted molar refractivity (Wildman–Crippen MR) is 58.8 cm³/mol. The summed E-state index contributed by atoms with van der Waals surface area (Å²) in [5, 5.41) is 0. The second-order valence-corrected chi connectivity index (χ2v) is 3.40. The molecule has 0 aliphatic heterocycles. The zero-order chi connectivity index (χ0) is 13.5. The average Bonchev–Trinajstić information content (AvgIpc) is 2.35. The van der Waals surface area contributed by atoms with Crippen molar-refractivity contribution in [2.24, 2.45) is 0 Å². The Morgan fingerprint density at radius 3 is 2.72 bits per heavy atom. The number of carbonyl (C=O) groups is 2. The van der Waals surface area contributed by atoms with Crippen LogP contribution in [0.2, 0.25) is 0 Å². The molecule has 0 radical (unpaired) electrons. The average molecular weight is 258 g/mol. The summed E-state index contributed by atoms with van der Waals surface area (Å²) in [5.74, 6) is -0.759. The summed E-state index contributed by atoms with van der Waals surface area (Å²) in [6.07, 6.45) is 1.14. The molecule has 0 bridgehead atoms. The highest BCUT2D eigenvalue weighted by molar-refractivity contribution is 5.89. The van der Waals surface area contributed by atoms with Gasteiger partial charge in [0.05, 0.1) is 12.7 Å². The van der Waals surface area contributed by atoms with E-state index in [0.29, 0.717) is 11.8 Å². The third kappa shape index (κ3) is 3.80. The van der Waals surface area contributed by atoms with Gasteiger partial charge in [0.1, 0.15) is 12.0 Å². The molecule has 0 atom stereocenters. The van der Waals surface area contributed by atoms with E-state index in [1.165, 1.54) is 25.3 Å². The molecular weight excluding hydrogens is 246 g/mol. The van der Waals surface area contributed by atoms with E-state index in [4.69, 9.17) is 0 Å². The summed E-state index contributed by atoms with van der Waals surface area (Å²) >= 11 is 0. The van der Waals surface area contributed by atoms with Crippen molar-refractivity contribution >= 4 is 12.3 Å². The predicted octanol–water partition coefficient (Wildman–Crippen LogP) is 2.21. The Labute approximate surface area is 103 Å². The van der Waals surface area contributed by atoms with Crippen molar-refractivity contribution < 1.29 is 27.8 Å². The van der Waals surface area contributed by atoms with Gasteiger partial charge in [-0.15, -0.1) is 0 Å². The molecular formula is C12H12F2O4. The van der Waals surface area contributed by atoms with Crippen LogP contribution >= 0.6 is 0 Å². The monoisotopic (exact) mass is 258 g/mol. The number of aldehydes is 1. The van der Waals surface area contributed by atoms with Gasteiger partial charge in [0.15, 0.2) is 0 Å². The Morgan fingerprint density at radius 2 is 2.17 bits per heavy atom. The van der Waals surface area contributed by atoms with Gasteiger partial charge in [-0.2, -0.15) is 8.78 Å². The fraction of sp³-hybridized carbons (Fsp3) is 0.333. The van der Waals surface area contributed by atoms with Crippen LogP contribution in [0.5, 0.6) is 5.75 Å². The second kappa shape index (κ2) is 6.68. The van der Waals surface area contributed by atoms with Gasteiger partial charge in [-0.1, -0.05) is 6.07 Å². The molecule has 0 unspecified atom stereocenters. The van der Waals surface area contributed by atoms with Crippen molar-refractivity contribution in [1.29, 1.82) is 0 Å². The van der Waals surface area contributed by atoms with Gasteiger partial charge < -0.3 is 14.3 Å². The molecule has 0 saturated heterocycles. The van der Waals surface area contributed by atoms with Crippen LogP contribution in [0.15, 0.2) is 18.2 Å². The molecule has 1 aromatic carbocycles. The molecule has 0 aromatic heterocycles. The van der Waals surface area contributed by atoms with E-state index >= 15 is 0 Å². The zero-order valence-electron chi connectivity index (χ0n) is 9.69. The molecule has 0 aliphatic rings. The molecule has 1 rings (SSSR count). The first-order valence-corrected chi connectivity index (χ1v) is 5.18. The Morgan fingerprint density at radius 1 is 1.44 bits per heavy atom. The summed E-state index contributed by atoms with van der Waals surface area (Å²) in [6.45, 7) is -2.99. The van der Waals surface area contributed by atoms with Crippen LogP contribution in [0.25, 0.3) is 0 Å². The highest BCUT2D eigenvalue weighted by Gasteiger charge is 2.14. The smallest absolute Gasteiger partial charge is 0.387 e. The molecule has 0 saturated carbocycles. The van der Waals surface area contributed by atoms with E-state index in [1.54, 1.807) is 0 Å².